The standard InChI is InChI=1S/C15H21IN2O/c16-12-6-5-9-14(10-12)17-11-15(19)18-13-7-3-1-2-4-8-13/h5-6,9-10,13,17H,1-4,7-8,11H2,(H,18,19). The monoisotopic (exact) mass is 372 g/mol. The van der Waals surface area contributed by atoms with Crippen LogP contribution in [0.25, 0.3) is 0 Å². The summed E-state index contributed by atoms with van der Waals surface area (Å²) in [5.74, 6) is 0.103. The minimum atomic E-state index is 0.103. The fourth-order valence-electron chi connectivity index (χ4n) is 2.48. The number of nitrogens with one attached hydrogen (secondary N) is 2. The molecule has 0 bridgehead atoms. The quantitative estimate of drug-likeness (QED) is 0.627. The van der Waals surface area contributed by atoms with E-state index in [9.17, 15) is 4.79 Å². The summed E-state index contributed by atoms with van der Waals surface area (Å²) < 4.78 is 1.17. The van der Waals surface area contributed by atoms with Crippen molar-refractivity contribution in [3.8, 4) is 0 Å². The van der Waals surface area contributed by atoms with Crippen molar-refractivity contribution < 1.29 is 4.79 Å². The SMILES string of the molecule is O=C(CNc1cccc(I)c1)NC1CCCCCC1. The Labute approximate surface area is 128 Å². The zero-order valence-electron chi connectivity index (χ0n) is 11.1. The van der Waals surface area contributed by atoms with Crippen LogP contribution < -0.4 is 10.6 Å². The maximum atomic E-state index is 11.9. The lowest BCUT2D eigenvalue weighted by molar-refractivity contribution is -0.120. The predicted molar refractivity (Wildman–Crippen MR) is 87.3 cm³/mol. The molecule has 19 heavy (non-hydrogen) atoms. The van der Waals surface area contributed by atoms with Gasteiger partial charge in [0.05, 0.1) is 6.54 Å². The molecule has 0 aromatic heterocycles. The highest BCUT2D eigenvalue weighted by Gasteiger charge is 2.14. The van der Waals surface area contributed by atoms with Crippen molar-refractivity contribution in [2.75, 3.05) is 11.9 Å². The van der Waals surface area contributed by atoms with Crippen molar-refractivity contribution in [1.82, 2.24) is 5.32 Å². The van der Waals surface area contributed by atoms with Crippen LogP contribution in [-0.2, 0) is 4.79 Å². The van der Waals surface area contributed by atoms with Crippen molar-refractivity contribution in [3.05, 3.63) is 27.8 Å². The van der Waals surface area contributed by atoms with E-state index in [4.69, 9.17) is 0 Å². The molecule has 0 spiro atoms. The van der Waals surface area contributed by atoms with Crippen molar-refractivity contribution in [2.45, 2.75) is 44.6 Å². The summed E-state index contributed by atoms with van der Waals surface area (Å²) in [7, 11) is 0. The Morgan fingerprint density at radius 3 is 2.63 bits per heavy atom. The summed E-state index contributed by atoms with van der Waals surface area (Å²) >= 11 is 2.27. The first-order valence-electron chi connectivity index (χ1n) is 7.03. The third kappa shape index (κ3) is 5.38. The minimum Gasteiger partial charge on any atom is -0.376 e. The Kier molecular flexibility index (Phi) is 5.94. The molecule has 1 aromatic carbocycles. The van der Waals surface area contributed by atoms with Gasteiger partial charge in [-0.2, -0.15) is 0 Å². The molecule has 0 saturated heterocycles. The molecular formula is C15H21IN2O. The Morgan fingerprint density at radius 2 is 1.95 bits per heavy atom. The van der Waals surface area contributed by atoms with Crippen LogP contribution >= 0.6 is 22.6 Å². The maximum absolute atomic E-state index is 11.9. The highest BCUT2D eigenvalue weighted by atomic mass is 127. The van der Waals surface area contributed by atoms with Gasteiger partial charge in [-0.15, -0.1) is 0 Å². The molecule has 3 nitrogen and oxygen atoms in total. The molecule has 0 radical (unpaired) electrons. The Morgan fingerprint density at radius 1 is 1.21 bits per heavy atom. The van der Waals surface area contributed by atoms with Gasteiger partial charge in [0.2, 0.25) is 5.91 Å². The molecule has 1 aliphatic carbocycles. The molecule has 1 aromatic rings. The van der Waals surface area contributed by atoms with Gasteiger partial charge in [-0.3, -0.25) is 4.79 Å². The van der Waals surface area contributed by atoms with Crippen LogP contribution in [0.15, 0.2) is 24.3 Å². The first kappa shape index (κ1) is 14.6. The normalized spacial score (nSPS) is 16.7. The molecule has 2 rings (SSSR count). The lowest BCUT2D eigenvalue weighted by Crippen LogP contribution is -2.38. The maximum Gasteiger partial charge on any atom is 0.239 e. The average Bonchev–Trinajstić information content (AvgIpc) is 2.65. The molecule has 4 heteroatoms. The number of carbonyl (C=O) groups is 1. The highest BCUT2D eigenvalue weighted by Crippen LogP contribution is 2.17. The molecule has 1 amide bonds. The lowest BCUT2D eigenvalue weighted by Gasteiger charge is -2.16. The Bertz CT molecular complexity index is 414. The fourth-order valence-corrected chi connectivity index (χ4v) is 3.03. The number of amides is 1. The first-order valence-corrected chi connectivity index (χ1v) is 8.11. The number of hydrogen-bond donors (Lipinski definition) is 2. The molecule has 0 heterocycles. The van der Waals surface area contributed by atoms with Gasteiger partial charge in [0.15, 0.2) is 0 Å². The average molecular weight is 372 g/mol. The summed E-state index contributed by atoms with van der Waals surface area (Å²) in [6.45, 7) is 0.358. The number of benzene rings is 1. The molecule has 0 unspecified atom stereocenters. The van der Waals surface area contributed by atoms with Crippen LogP contribution in [0.5, 0.6) is 0 Å². The minimum absolute atomic E-state index is 0.103. The van der Waals surface area contributed by atoms with E-state index in [1.807, 2.05) is 24.3 Å². The van der Waals surface area contributed by atoms with Gasteiger partial charge >= 0.3 is 0 Å². The molecule has 0 atom stereocenters. The van der Waals surface area contributed by atoms with Gasteiger partial charge in [0.25, 0.3) is 0 Å². The zero-order chi connectivity index (χ0) is 13.5. The molecule has 0 aliphatic heterocycles. The van der Waals surface area contributed by atoms with E-state index in [2.05, 4.69) is 33.2 Å². The van der Waals surface area contributed by atoms with Crippen LogP contribution in [0, 0.1) is 3.57 Å². The van der Waals surface area contributed by atoms with Crippen molar-refractivity contribution in [2.24, 2.45) is 0 Å². The van der Waals surface area contributed by atoms with E-state index in [0.29, 0.717) is 12.6 Å². The third-order valence-corrected chi connectivity index (χ3v) is 4.17. The molecule has 2 N–H and O–H groups in total. The summed E-state index contributed by atoms with van der Waals surface area (Å²) in [6, 6.07) is 8.44. The fraction of sp³-hybridized carbons (Fsp3) is 0.533. The molecule has 1 aliphatic rings. The largest absolute Gasteiger partial charge is 0.376 e. The van der Waals surface area contributed by atoms with E-state index >= 15 is 0 Å². The number of hydrogen-bond acceptors (Lipinski definition) is 2. The predicted octanol–water partition coefficient (Wildman–Crippen LogP) is 3.54. The van der Waals surface area contributed by atoms with Crippen LogP contribution in [0.2, 0.25) is 0 Å². The van der Waals surface area contributed by atoms with Crippen LogP contribution in [0.1, 0.15) is 38.5 Å². The van der Waals surface area contributed by atoms with Gasteiger partial charge in [-0.1, -0.05) is 31.7 Å². The summed E-state index contributed by atoms with van der Waals surface area (Å²) in [5.41, 5.74) is 1.00. The third-order valence-electron chi connectivity index (χ3n) is 3.50. The van der Waals surface area contributed by atoms with Crippen LogP contribution in [0.3, 0.4) is 0 Å². The first-order chi connectivity index (χ1) is 9.24. The number of anilines is 1. The molecule has 1 saturated carbocycles. The lowest BCUT2D eigenvalue weighted by atomic mass is 10.1. The second-order valence-corrected chi connectivity index (χ2v) is 6.37. The van der Waals surface area contributed by atoms with E-state index in [1.54, 1.807) is 0 Å². The topological polar surface area (TPSA) is 41.1 Å². The Hall–Kier alpha value is -0.780. The molecule has 1 fully saturated rings. The number of rotatable bonds is 4. The van der Waals surface area contributed by atoms with E-state index in [0.717, 1.165) is 18.5 Å². The summed E-state index contributed by atoms with van der Waals surface area (Å²) in [5, 5.41) is 6.31. The van der Waals surface area contributed by atoms with Gasteiger partial charge < -0.3 is 10.6 Å². The van der Waals surface area contributed by atoms with Crippen molar-refractivity contribution in [1.29, 1.82) is 0 Å². The van der Waals surface area contributed by atoms with E-state index in [-0.39, 0.29) is 5.91 Å². The van der Waals surface area contributed by atoms with E-state index in [1.165, 1.54) is 29.3 Å². The smallest absolute Gasteiger partial charge is 0.239 e. The zero-order valence-corrected chi connectivity index (χ0v) is 13.3. The number of halogens is 1. The number of carbonyl (C=O) groups excluding carboxylic acids is 1. The van der Waals surface area contributed by atoms with Crippen molar-refractivity contribution >= 4 is 34.2 Å². The van der Waals surface area contributed by atoms with Crippen LogP contribution in [-0.4, -0.2) is 18.5 Å². The van der Waals surface area contributed by atoms with E-state index < -0.39 is 0 Å². The van der Waals surface area contributed by atoms with Gasteiger partial charge in [-0.25, -0.2) is 0 Å². The molecule has 104 valence electrons. The van der Waals surface area contributed by atoms with Gasteiger partial charge in [0, 0.05) is 15.3 Å². The van der Waals surface area contributed by atoms with Gasteiger partial charge in [0.1, 0.15) is 0 Å². The summed E-state index contributed by atoms with van der Waals surface area (Å²) in [6.07, 6.45) is 7.38. The molecular weight excluding hydrogens is 351 g/mol. The highest BCUT2D eigenvalue weighted by molar-refractivity contribution is 14.1. The van der Waals surface area contributed by atoms with Gasteiger partial charge in [-0.05, 0) is 53.6 Å². The summed E-state index contributed by atoms with van der Waals surface area (Å²) in [4.78, 5) is 11.9. The second-order valence-electron chi connectivity index (χ2n) is 5.12. The second kappa shape index (κ2) is 7.72. The van der Waals surface area contributed by atoms with Crippen LogP contribution in [0.4, 0.5) is 5.69 Å². The van der Waals surface area contributed by atoms with Crippen molar-refractivity contribution in [3.63, 3.8) is 0 Å². The Balaban J connectivity index is 1.74.